The van der Waals surface area contributed by atoms with E-state index in [0.717, 1.165) is 11.2 Å². The van der Waals surface area contributed by atoms with E-state index in [1.54, 1.807) is 24.3 Å². The van der Waals surface area contributed by atoms with E-state index >= 15 is 0 Å². The minimum atomic E-state index is -4.56. The highest BCUT2D eigenvalue weighted by Gasteiger charge is 2.47. The molecule has 1 aliphatic rings. The lowest BCUT2D eigenvalue weighted by Gasteiger charge is -2.20. The molecular weight excluding hydrogens is 323 g/mol. The van der Waals surface area contributed by atoms with Gasteiger partial charge < -0.3 is 15.1 Å². The summed E-state index contributed by atoms with van der Waals surface area (Å²) in [4.78, 5) is 12.3. The average Bonchev–Trinajstić information content (AvgIpc) is 2.88. The maximum Gasteiger partial charge on any atom is 0.409 e. The van der Waals surface area contributed by atoms with Crippen LogP contribution in [0.1, 0.15) is 19.4 Å². The van der Waals surface area contributed by atoms with Gasteiger partial charge in [-0.3, -0.25) is 4.79 Å². The Hall–Kier alpha value is -2.06. The lowest BCUT2D eigenvalue weighted by Crippen LogP contribution is -2.45. The fourth-order valence-electron chi connectivity index (χ4n) is 2.25. The van der Waals surface area contributed by atoms with Gasteiger partial charge in [0.2, 0.25) is 0 Å². The molecule has 1 aliphatic heterocycles. The second-order valence-electron chi connectivity index (χ2n) is 5.77. The number of halogens is 3. The van der Waals surface area contributed by atoms with Gasteiger partial charge in [-0.15, -0.1) is 0 Å². The molecule has 0 aromatic heterocycles. The predicted molar refractivity (Wildman–Crippen MR) is 83.8 cm³/mol. The quantitative estimate of drug-likeness (QED) is 0.863. The summed E-state index contributed by atoms with van der Waals surface area (Å²) in [7, 11) is 1.41. The number of hydrogen-bond donors (Lipinski definition) is 2. The van der Waals surface area contributed by atoms with E-state index in [1.165, 1.54) is 7.05 Å². The fourth-order valence-corrected chi connectivity index (χ4v) is 2.25. The molecule has 1 aromatic carbocycles. The van der Waals surface area contributed by atoms with Gasteiger partial charge >= 0.3 is 6.18 Å². The Morgan fingerprint density at radius 1 is 1.38 bits per heavy atom. The topological polar surface area (TPSA) is 53.6 Å². The molecule has 1 unspecified atom stereocenters. The van der Waals surface area contributed by atoms with Crippen molar-refractivity contribution in [1.82, 2.24) is 10.4 Å². The van der Waals surface area contributed by atoms with Crippen molar-refractivity contribution < 1.29 is 22.7 Å². The van der Waals surface area contributed by atoms with Crippen molar-refractivity contribution in [2.45, 2.75) is 38.8 Å². The molecule has 132 valence electrons. The van der Waals surface area contributed by atoms with E-state index in [2.05, 4.69) is 10.7 Å². The fraction of sp³-hybridized carbons (Fsp3) is 0.438. The third-order valence-electron chi connectivity index (χ3n) is 3.40. The summed E-state index contributed by atoms with van der Waals surface area (Å²) in [5.74, 6) is -0.800. The molecule has 8 heteroatoms. The van der Waals surface area contributed by atoms with E-state index in [1.807, 2.05) is 13.8 Å². The monoisotopic (exact) mass is 343 g/mol. The molecule has 0 fully saturated rings. The van der Waals surface area contributed by atoms with Crippen LogP contribution in [-0.4, -0.2) is 36.3 Å². The smallest absolute Gasteiger partial charge is 0.374 e. The van der Waals surface area contributed by atoms with Gasteiger partial charge in [0.15, 0.2) is 6.04 Å². The van der Waals surface area contributed by atoms with E-state index in [0.29, 0.717) is 11.3 Å². The van der Waals surface area contributed by atoms with Crippen molar-refractivity contribution in [3.63, 3.8) is 0 Å². The zero-order valence-corrected chi connectivity index (χ0v) is 13.6. The van der Waals surface area contributed by atoms with Crippen LogP contribution >= 0.6 is 0 Å². The Morgan fingerprint density at radius 2 is 2.04 bits per heavy atom. The Bertz CT molecular complexity index is 629. The van der Waals surface area contributed by atoms with Crippen LogP contribution in [0, 0.1) is 0 Å². The number of para-hydroxylation sites is 1. The summed E-state index contributed by atoms with van der Waals surface area (Å²) in [6.07, 6.45) is -3.42. The summed E-state index contributed by atoms with van der Waals surface area (Å²) >= 11 is 0. The molecule has 0 saturated heterocycles. The summed E-state index contributed by atoms with van der Waals surface area (Å²) in [6.45, 7) is 4.01. The third kappa shape index (κ3) is 4.48. The normalized spacial score (nSPS) is 18.0. The number of nitrogens with one attached hydrogen (secondary N) is 2. The molecule has 1 aromatic rings. The summed E-state index contributed by atoms with van der Waals surface area (Å²) in [5, 5.41) is 3.67. The molecule has 5 nitrogen and oxygen atoms in total. The van der Waals surface area contributed by atoms with Gasteiger partial charge in [0.05, 0.1) is 18.3 Å². The Morgan fingerprint density at radius 3 is 2.67 bits per heavy atom. The molecule has 24 heavy (non-hydrogen) atoms. The number of rotatable bonds is 5. The van der Waals surface area contributed by atoms with E-state index in [-0.39, 0.29) is 18.3 Å². The second-order valence-corrected chi connectivity index (χ2v) is 5.77. The zero-order chi connectivity index (χ0) is 17.9. The van der Waals surface area contributed by atoms with Crippen molar-refractivity contribution in [3.8, 4) is 0 Å². The number of hydrogen-bond acceptors (Lipinski definition) is 4. The van der Waals surface area contributed by atoms with Gasteiger partial charge in [-0.1, -0.05) is 18.2 Å². The molecule has 2 N–H and O–H groups in total. The van der Waals surface area contributed by atoms with Crippen LogP contribution in [0.15, 0.2) is 36.0 Å². The Labute approximate surface area is 138 Å². The van der Waals surface area contributed by atoms with Gasteiger partial charge in [-0.25, -0.2) is 5.43 Å². The SMILES string of the molecule is CC(C)OCc1ccccc1NC(=O)C1=CN(C)NC1C(F)(F)F. The summed E-state index contributed by atoms with van der Waals surface area (Å²) in [5.41, 5.74) is 2.94. The highest BCUT2D eigenvalue weighted by Crippen LogP contribution is 2.30. The number of benzene rings is 1. The van der Waals surface area contributed by atoms with Crippen molar-refractivity contribution in [3.05, 3.63) is 41.6 Å². The lowest BCUT2D eigenvalue weighted by molar-refractivity contribution is -0.153. The summed E-state index contributed by atoms with van der Waals surface area (Å²) < 4.78 is 44.6. The second kappa shape index (κ2) is 7.23. The lowest BCUT2D eigenvalue weighted by atomic mass is 10.1. The van der Waals surface area contributed by atoms with Crippen molar-refractivity contribution in [2.24, 2.45) is 0 Å². The average molecular weight is 343 g/mol. The minimum absolute atomic E-state index is 0.00115. The van der Waals surface area contributed by atoms with E-state index in [9.17, 15) is 18.0 Å². The molecule has 1 atom stereocenters. The number of carbonyl (C=O) groups excluding carboxylic acids is 1. The van der Waals surface area contributed by atoms with E-state index < -0.39 is 18.1 Å². The van der Waals surface area contributed by atoms with Crippen LogP contribution in [0.4, 0.5) is 18.9 Å². The number of carbonyl (C=O) groups is 1. The maximum absolute atomic E-state index is 13.0. The van der Waals surface area contributed by atoms with Gasteiger partial charge in [0.25, 0.3) is 5.91 Å². The maximum atomic E-state index is 13.0. The Kier molecular flexibility index (Phi) is 5.51. The van der Waals surface area contributed by atoms with Crippen LogP contribution in [-0.2, 0) is 16.1 Å². The van der Waals surface area contributed by atoms with Gasteiger partial charge in [0.1, 0.15) is 0 Å². The highest BCUT2D eigenvalue weighted by molar-refractivity contribution is 6.05. The third-order valence-corrected chi connectivity index (χ3v) is 3.40. The van der Waals surface area contributed by atoms with Crippen LogP contribution in [0.3, 0.4) is 0 Å². The largest absolute Gasteiger partial charge is 0.409 e. The van der Waals surface area contributed by atoms with Crippen LogP contribution in [0.25, 0.3) is 0 Å². The van der Waals surface area contributed by atoms with Crippen molar-refractivity contribution in [1.29, 1.82) is 0 Å². The first kappa shape index (κ1) is 18.3. The van der Waals surface area contributed by atoms with Crippen LogP contribution in [0.2, 0.25) is 0 Å². The first-order chi connectivity index (χ1) is 11.2. The number of nitrogens with zero attached hydrogens (tertiary/aromatic N) is 1. The standard InChI is InChI=1S/C16H20F3N3O2/c1-10(2)24-9-11-6-4-5-7-13(11)20-15(23)12-8-22(3)21-14(12)16(17,18)19/h4-8,10,14,21H,9H2,1-3H3,(H,20,23). The van der Waals surface area contributed by atoms with Gasteiger partial charge in [-0.2, -0.15) is 13.2 Å². The van der Waals surface area contributed by atoms with Gasteiger partial charge in [-0.05, 0) is 19.9 Å². The number of alkyl halides is 3. The van der Waals surface area contributed by atoms with Crippen molar-refractivity contribution in [2.75, 3.05) is 12.4 Å². The molecular formula is C16H20F3N3O2. The van der Waals surface area contributed by atoms with Gasteiger partial charge in [0, 0.05) is 24.5 Å². The Balaban J connectivity index is 2.16. The molecule has 1 heterocycles. The number of hydrazine groups is 1. The van der Waals surface area contributed by atoms with Crippen molar-refractivity contribution >= 4 is 11.6 Å². The molecule has 0 radical (unpaired) electrons. The summed E-state index contributed by atoms with van der Waals surface area (Å²) in [6, 6.07) is 4.83. The minimum Gasteiger partial charge on any atom is -0.374 e. The van der Waals surface area contributed by atoms with E-state index in [4.69, 9.17) is 4.74 Å². The molecule has 2 rings (SSSR count). The zero-order valence-electron chi connectivity index (χ0n) is 13.6. The number of anilines is 1. The first-order valence-electron chi connectivity index (χ1n) is 7.46. The predicted octanol–water partition coefficient (Wildman–Crippen LogP) is 2.81. The number of amides is 1. The van der Waals surface area contributed by atoms with Crippen LogP contribution < -0.4 is 10.7 Å². The molecule has 0 bridgehead atoms. The molecule has 1 amide bonds. The molecule has 0 aliphatic carbocycles. The highest BCUT2D eigenvalue weighted by atomic mass is 19.4. The van der Waals surface area contributed by atoms with Crippen LogP contribution in [0.5, 0.6) is 0 Å². The molecule has 0 saturated carbocycles. The molecule has 0 spiro atoms. The number of ether oxygens (including phenoxy) is 1. The first-order valence-corrected chi connectivity index (χ1v) is 7.46.